The fourth-order valence-corrected chi connectivity index (χ4v) is 2.69. The molecule has 0 radical (unpaired) electrons. The van der Waals surface area contributed by atoms with Crippen molar-refractivity contribution in [3.05, 3.63) is 29.3 Å². The predicted molar refractivity (Wildman–Crippen MR) is 78.2 cm³/mol. The molecule has 1 aliphatic heterocycles. The van der Waals surface area contributed by atoms with Gasteiger partial charge in [0, 0.05) is 18.7 Å². The second-order valence-corrected chi connectivity index (χ2v) is 5.49. The maximum atomic E-state index is 12.1. The zero-order valence-electron chi connectivity index (χ0n) is 12.2. The van der Waals surface area contributed by atoms with E-state index in [0.29, 0.717) is 0 Å². The molecule has 2 unspecified atom stereocenters. The van der Waals surface area contributed by atoms with Gasteiger partial charge in [0.2, 0.25) is 5.91 Å². The lowest BCUT2D eigenvalue weighted by molar-refractivity contribution is -0.142. The topological polar surface area (TPSA) is 89.9 Å². The number of carbonyl (C=O) groups excluding carboxylic acids is 1. The number of carboxylic acid groups (broad SMARTS) is 1. The Labute approximate surface area is 123 Å². The quantitative estimate of drug-likeness (QED) is 0.762. The summed E-state index contributed by atoms with van der Waals surface area (Å²) in [6, 6.07) is 4.92. The van der Waals surface area contributed by atoms with Crippen LogP contribution in [0, 0.1) is 13.8 Å². The number of anilines is 1. The Kier molecular flexibility index (Phi) is 4.59. The van der Waals surface area contributed by atoms with E-state index in [1.165, 1.54) is 4.90 Å². The van der Waals surface area contributed by atoms with Gasteiger partial charge in [0.1, 0.15) is 6.04 Å². The van der Waals surface area contributed by atoms with Crippen molar-refractivity contribution in [1.29, 1.82) is 0 Å². The van der Waals surface area contributed by atoms with Gasteiger partial charge in [-0.15, -0.1) is 0 Å². The van der Waals surface area contributed by atoms with Crippen molar-refractivity contribution >= 4 is 17.6 Å². The Balaban J connectivity index is 2.03. The number of rotatable bonds is 4. The molecule has 2 atom stereocenters. The van der Waals surface area contributed by atoms with Gasteiger partial charge in [-0.05, 0) is 25.0 Å². The first kappa shape index (κ1) is 15.5. The molecule has 0 bridgehead atoms. The highest BCUT2D eigenvalue weighted by molar-refractivity contribution is 5.94. The molecule has 1 aromatic rings. The number of nitrogens with zero attached hydrogens (tertiary/aromatic N) is 1. The van der Waals surface area contributed by atoms with E-state index in [2.05, 4.69) is 5.32 Å². The van der Waals surface area contributed by atoms with Crippen molar-refractivity contribution < 1.29 is 19.8 Å². The molecule has 0 aromatic heterocycles. The van der Waals surface area contributed by atoms with Crippen molar-refractivity contribution in [3.8, 4) is 0 Å². The SMILES string of the molecule is Cc1cccc(C)c1NC(=O)CN1CC(O)CC1C(=O)O. The third-order valence-electron chi connectivity index (χ3n) is 3.76. The van der Waals surface area contributed by atoms with E-state index in [9.17, 15) is 14.7 Å². The molecule has 1 aliphatic rings. The van der Waals surface area contributed by atoms with Crippen LogP contribution in [0.1, 0.15) is 17.5 Å². The average molecular weight is 292 g/mol. The van der Waals surface area contributed by atoms with Gasteiger partial charge in [0.25, 0.3) is 0 Å². The highest BCUT2D eigenvalue weighted by atomic mass is 16.4. The van der Waals surface area contributed by atoms with E-state index in [1.807, 2.05) is 32.0 Å². The first-order chi connectivity index (χ1) is 9.88. The fourth-order valence-electron chi connectivity index (χ4n) is 2.69. The number of aliphatic carboxylic acids is 1. The lowest BCUT2D eigenvalue weighted by Crippen LogP contribution is -2.41. The van der Waals surface area contributed by atoms with Gasteiger partial charge in [-0.3, -0.25) is 14.5 Å². The van der Waals surface area contributed by atoms with E-state index in [0.717, 1.165) is 16.8 Å². The summed E-state index contributed by atoms with van der Waals surface area (Å²) < 4.78 is 0. The van der Waals surface area contributed by atoms with Gasteiger partial charge in [-0.2, -0.15) is 0 Å². The number of amides is 1. The number of nitrogens with one attached hydrogen (secondary N) is 1. The highest BCUT2D eigenvalue weighted by Gasteiger charge is 2.36. The lowest BCUT2D eigenvalue weighted by Gasteiger charge is -2.20. The molecule has 1 aromatic carbocycles. The number of hydrogen-bond acceptors (Lipinski definition) is 4. The van der Waals surface area contributed by atoms with Crippen LogP contribution in [0.4, 0.5) is 5.69 Å². The summed E-state index contributed by atoms with van der Waals surface area (Å²) in [5.74, 6) is -1.28. The number of aryl methyl sites for hydroxylation is 2. The highest BCUT2D eigenvalue weighted by Crippen LogP contribution is 2.21. The zero-order valence-corrected chi connectivity index (χ0v) is 12.2. The van der Waals surface area contributed by atoms with Crippen molar-refractivity contribution in [3.63, 3.8) is 0 Å². The molecule has 0 spiro atoms. The van der Waals surface area contributed by atoms with Crippen LogP contribution in [0.15, 0.2) is 18.2 Å². The Hall–Kier alpha value is -1.92. The molecule has 1 fully saturated rings. The summed E-state index contributed by atoms with van der Waals surface area (Å²) in [6.07, 6.45) is -0.537. The standard InChI is InChI=1S/C15H20N2O4/c1-9-4-3-5-10(2)14(9)16-13(19)8-17-7-11(18)6-12(17)15(20)21/h3-5,11-12,18H,6-8H2,1-2H3,(H,16,19)(H,20,21). The Bertz CT molecular complexity index is 538. The summed E-state index contributed by atoms with van der Waals surface area (Å²) in [7, 11) is 0. The normalized spacial score (nSPS) is 22.2. The van der Waals surface area contributed by atoms with E-state index in [4.69, 9.17) is 5.11 Å². The van der Waals surface area contributed by atoms with Gasteiger partial charge in [-0.25, -0.2) is 0 Å². The van der Waals surface area contributed by atoms with Gasteiger partial charge < -0.3 is 15.5 Å². The first-order valence-electron chi connectivity index (χ1n) is 6.89. The molecule has 6 nitrogen and oxygen atoms in total. The fraction of sp³-hybridized carbons (Fsp3) is 0.467. The summed E-state index contributed by atoms with van der Waals surface area (Å²) in [4.78, 5) is 24.7. The smallest absolute Gasteiger partial charge is 0.321 e. The van der Waals surface area contributed by atoms with Gasteiger partial charge >= 0.3 is 5.97 Å². The molecule has 1 saturated heterocycles. The van der Waals surface area contributed by atoms with Crippen LogP contribution >= 0.6 is 0 Å². The molecule has 0 aliphatic carbocycles. The van der Waals surface area contributed by atoms with Crippen molar-refractivity contribution in [2.75, 3.05) is 18.4 Å². The van der Waals surface area contributed by atoms with Crippen molar-refractivity contribution in [1.82, 2.24) is 4.90 Å². The Morgan fingerprint density at radius 2 is 1.95 bits per heavy atom. The van der Waals surface area contributed by atoms with E-state index < -0.39 is 18.1 Å². The molecule has 3 N–H and O–H groups in total. The van der Waals surface area contributed by atoms with Crippen LogP contribution in [0.25, 0.3) is 0 Å². The number of carboxylic acids is 1. The third-order valence-corrected chi connectivity index (χ3v) is 3.76. The molecule has 0 saturated carbocycles. The van der Waals surface area contributed by atoms with Crippen molar-refractivity contribution in [2.24, 2.45) is 0 Å². The molecule has 6 heteroatoms. The minimum Gasteiger partial charge on any atom is -0.480 e. The molecule has 114 valence electrons. The van der Waals surface area contributed by atoms with Crippen LogP contribution in [0.3, 0.4) is 0 Å². The van der Waals surface area contributed by atoms with Gasteiger partial charge in [-0.1, -0.05) is 18.2 Å². The van der Waals surface area contributed by atoms with E-state index in [-0.39, 0.29) is 25.4 Å². The maximum Gasteiger partial charge on any atom is 0.321 e. The number of carbonyl (C=O) groups is 2. The van der Waals surface area contributed by atoms with E-state index in [1.54, 1.807) is 0 Å². The van der Waals surface area contributed by atoms with Crippen LogP contribution in [-0.4, -0.2) is 52.2 Å². The summed E-state index contributed by atoms with van der Waals surface area (Å²) in [5, 5.41) is 21.5. The van der Waals surface area contributed by atoms with Gasteiger partial charge in [0.05, 0.1) is 12.6 Å². The molecular formula is C15H20N2O4. The minimum absolute atomic E-state index is 0.0399. The van der Waals surface area contributed by atoms with Gasteiger partial charge in [0.15, 0.2) is 0 Å². The first-order valence-corrected chi connectivity index (χ1v) is 6.89. The third kappa shape index (κ3) is 3.59. The Morgan fingerprint density at radius 3 is 2.52 bits per heavy atom. The number of para-hydroxylation sites is 1. The largest absolute Gasteiger partial charge is 0.480 e. The lowest BCUT2D eigenvalue weighted by atomic mass is 10.1. The van der Waals surface area contributed by atoms with E-state index >= 15 is 0 Å². The number of β-amino-alcohol motifs (C(OH)–C–C–N with tert-alkyl or cyclic N) is 1. The molecular weight excluding hydrogens is 272 g/mol. The summed E-state index contributed by atoms with van der Waals surface area (Å²) >= 11 is 0. The monoisotopic (exact) mass is 292 g/mol. The summed E-state index contributed by atoms with van der Waals surface area (Å²) in [5.41, 5.74) is 2.67. The molecule has 21 heavy (non-hydrogen) atoms. The second-order valence-electron chi connectivity index (χ2n) is 5.49. The second kappa shape index (κ2) is 6.24. The van der Waals surface area contributed by atoms with Crippen LogP contribution in [0.5, 0.6) is 0 Å². The Morgan fingerprint density at radius 1 is 1.33 bits per heavy atom. The number of benzene rings is 1. The molecule has 1 heterocycles. The maximum absolute atomic E-state index is 12.1. The van der Waals surface area contributed by atoms with Crippen molar-refractivity contribution in [2.45, 2.75) is 32.4 Å². The van der Waals surface area contributed by atoms with Crippen LogP contribution in [-0.2, 0) is 9.59 Å². The number of likely N-dealkylation sites (tertiary alicyclic amines) is 1. The number of hydrogen-bond donors (Lipinski definition) is 3. The zero-order chi connectivity index (χ0) is 15.6. The minimum atomic E-state index is -1.01. The van der Waals surface area contributed by atoms with Crippen LogP contribution in [0.2, 0.25) is 0 Å². The van der Waals surface area contributed by atoms with Crippen LogP contribution < -0.4 is 5.32 Å². The average Bonchev–Trinajstić information content (AvgIpc) is 2.75. The molecule has 2 rings (SSSR count). The molecule has 1 amide bonds. The number of aliphatic hydroxyl groups is 1. The number of aliphatic hydroxyl groups excluding tert-OH is 1. The summed E-state index contributed by atoms with van der Waals surface area (Å²) in [6.45, 7) is 3.98. The predicted octanol–water partition coefficient (Wildman–Crippen LogP) is 0.762.